The lowest BCUT2D eigenvalue weighted by Gasteiger charge is -2.32. The maximum Gasteiger partial charge on any atom is 0.0726 e. The van der Waals surface area contributed by atoms with E-state index >= 15 is 0 Å². The first-order valence-electron chi connectivity index (χ1n) is 20.8. The second-order valence-corrected chi connectivity index (χ2v) is 16.0. The lowest BCUT2D eigenvalue weighted by Crippen LogP contribution is -2.26. The quantitative estimate of drug-likeness (QED) is 0.163. The van der Waals surface area contributed by atoms with E-state index in [1.165, 1.54) is 88.7 Å². The SMILES string of the molecule is c1ccc(-c2ccc(N(c3ccc(-c4ccc5ccccc5c4)cc3)c3ccc4c(c3)C3(c5ccccc5-c5ccccc53)c3ccccc3-4)cc2-c2ccccc2)cc1. The highest BCUT2D eigenvalue weighted by molar-refractivity contribution is 5.97. The molecule has 0 unspecified atom stereocenters. The molecule has 2 aliphatic rings. The van der Waals surface area contributed by atoms with E-state index in [4.69, 9.17) is 0 Å². The molecule has 10 aromatic rings. The molecule has 60 heavy (non-hydrogen) atoms. The van der Waals surface area contributed by atoms with Crippen molar-refractivity contribution >= 4 is 27.8 Å². The Morgan fingerprint density at radius 2 is 0.683 bits per heavy atom. The van der Waals surface area contributed by atoms with Crippen molar-refractivity contribution in [2.75, 3.05) is 4.90 Å². The molecule has 1 nitrogen and oxygen atoms in total. The van der Waals surface area contributed by atoms with E-state index in [0.29, 0.717) is 0 Å². The first-order valence-corrected chi connectivity index (χ1v) is 20.8. The Bertz CT molecular complexity index is 3190. The van der Waals surface area contributed by atoms with Crippen molar-refractivity contribution in [1.82, 2.24) is 0 Å². The van der Waals surface area contributed by atoms with Gasteiger partial charge in [-0.05, 0) is 131 Å². The van der Waals surface area contributed by atoms with Gasteiger partial charge in [0.05, 0.1) is 5.41 Å². The summed E-state index contributed by atoms with van der Waals surface area (Å²) in [6.45, 7) is 0. The zero-order valence-corrected chi connectivity index (χ0v) is 33.0. The van der Waals surface area contributed by atoms with Crippen molar-refractivity contribution in [3.8, 4) is 55.6 Å². The van der Waals surface area contributed by atoms with Crippen molar-refractivity contribution in [1.29, 1.82) is 0 Å². The largest absolute Gasteiger partial charge is 0.310 e. The molecule has 0 saturated heterocycles. The van der Waals surface area contributed by atoms with Gasteiger partial charge >= 0.3 is 0 Å². The first-order chi connectivity index (χ1) is 29.8. The minimum atomic E-state index is -0.437. The molecule has 0 heterocycles. The lowest BCUT2D eigenvalue weighted by molar-refractivity contribution is 0.793. The molecule has 0 amide bonds. The maximum absolute atomic E-state index is 2.48. The van der Waals surface area contributed by atoms with Crippen LogP contribution in [0.15, 0.2) is 237 Å². The number of hydrogen-bond acceptors (Lipinski definition) is 1. The molecule has 1 heteroatoms. The fourth-order valence-corrected chi connectivity index (χ4v) is 10.2. The highest BCUT2D eigenvalue weighted by Gasteiger charge is 2.51. The fraction of sp³-hybridized carbons (Fsp3) is 0.0169. The van der Waals surface area contributed by atoms with Gasteiger partial charge in [0.1, 0.15) is 0 Å². The molecule has 2 aliphatic carbocycles. The Morgan fingerprint density at radius 1 is 0.233 bits per heavy atom. The van der Waals surface area contributed by atoms with Crippen LogP contribution in [-0.4, -0.2) is 0 Å². The van der Waals surface area contributed by atoms with Crippen LogP contribution in [0.3, 0.4) is 0 Å². The minimum absolute atomic E-state index is 0.437. The van der Waals surface area contributed by atoms with E-state index < -0.39 is 5.41 Å². The Morgan fingerprint density at radius 3 is 1.30 bits per heavy atom. The lowest BCUT2D eigenvalue weighted by atomic mass is 9.70. The summed E-state index contributed by atoms with van der Waals surface area (Å²) in [5, 5.41) is 2.50. The van der Waals surface area contributed by atoms with Crippen LogP contribution in [0, 0.1) is 0 Å². The molecule has 0 saturated carbocycles. The van der Waals surface area contributed by atoms with Gasteiger partial charge in [-0.15, -0.1) is 0 Å². The third-order valence-corrected chi connectivity index (χ3v) is 12.9. The van der Waals surface area contributed by atoms with E-state index in [9.17, 15) is 0 Å². The molecule has 0 aliphatic heterocycles. The second-order valence-electron chi connectivity index (χ2n) is 16.0. The molecule has 0 radical (unpaired) electrons. The van der Waals surface area contributed by atoms with Gasteiger partial charge in [-0.2, -0.15) is 0 Å². The summed E-state index contributed by atoms with van der Waals surface area (Å²) in [5.41, 5.74) is 20.6. The molecular weight excluding hydrogens is 723 g/mol. The monoisotopic (exact) mass is 761 g/mol. The van der Waals surface area contributed by atoms with Gasteiger partial charge in [-0.25, -0.2) is 0 Å². The van der Waals surface area contributed by atoms with Gasteiger partial charge in [-0.1, -0.05) is 194 Å². The van der Waals surface area contributed by atoms with Gasteiger partial charge in [0, 0.05) is 17.1 Å². The number of rotatable bonds is 6. The topological polar surface area (TPSA) is 3.24 Å². The number of benzene rings is 10. The van der Waals surface area contributed by atoms with Crippen molar-refractivity contribution < 1.29 is 0 Å². The molecular formula is C59H39N. The zero-order valence-electron chi connectivity index (χ0n) is 33.0. The molecule has 0 atom stereocenters. The van der Waals surface area contributed by atoms with Crippen molar-refractivity contribution in [3.63, 3.8) is 0 Å². The average Bonchev–Trinajstić information content (AvgIpc) is 3.79. The second kappa shape index (κ2) is 13.7. The van der Waals surface area contributed by atoms with Crippen LogP contribution in [0.2, 0.25) is 0 Å². The van der Waals surface area contributed by atoms with Crippen LogP contribution in [0.5, 0.6) is 0 Å². The number of nitrogens with zero attached hydrogens (tertiary/aromatic N) is 1. The summed E-state index contributed by atoms with van der Waals surface area (Å²) in [6.07, 6.45) is 0. The molecule has 0 fully saturated rings. The predicted octanol–water partition coefficient (Wildman–Crippen LogP) is 15.7. The van der Waals surface area contributed by atoms with Crippen LogP contribution in [0.1, 0.15) is 22.3 Å². The smallest absolute Gasteiger partial charge is 0.0726 e. The van der Waals surface area contributed by atoms with E-state index in [-0.39, 0.29) is 0 Å². The van der Waals surface area contributed by atoms with Gasteiger partial charge in [0.25, 0.3) is 0 Å². The fourth-order valence-electron chi connectivity index (χ4n) is 10.2. The van der Waals surface area contributed by atoms with Crippen LogP contribution in [-0.2, 0) is 5.41 Å². The highest BCUT2D eigenvalue weighted by atomic mass is 15.1. The summed E-state index contributed by atoms with van der Waals surface area (Å²) < 4.78 is 0. The van der Waals surface area contributed by atoms with Crippen LogP contribution in [0.25, 0.3) is 66.4 Å². The minimum Gasteiger partial charge on any atom is -0.310 e. The number of hydrogen-bond donors (Lipinski definition) is 0. The van der Waals surface area contributed by atoms with Crippen LogP contribution < -0.4 is 4.90 Å². The van der Waals surface area contributed by atoms with Crippen LogP contribution >= 0.6 is 0 Å². The summed E-state index contributed by atoms with van der Waals surface area (Å²) in [7, 11) is 0. The molecule has 10 aromatic carbocycles. The average molecular weight is 762 g/mol. The third-order valence-electron chi connectivity index (χ3n) is 12.9. The Hall–Kier alpha value is -7.74. The van der Waals surface area contributed by atoms with Crippen molar-refractivity contribution in [3.05, 3.63) is 259 Å². The van der Waals surface area contributed by atoms with Gasteiger partial charge in [0.15, 0.2) is 0 Å². The molecule has 1 spiro atoms. The van der Waals surface area contributed by atoms with Crippen molar-refractivity contribution in [2.45, 2.75) is 5.41 Å². The summed E-state index contributed by atoms with van der Waals surface area (Å²) in [5.74, 6) is 0. The Kier molecular flexibility index (Phi) is 7.83. The summed E-state index contributed by atoms with van der Waals surface area (Å²) in [4.78, 5) is 2.45. The van der Waals surface area contributed by atoms with Gasteiger partial charge < -0.3 is 4.90 Å². The summed E-state index contributed by atoms with van der Waals surface area (Å²) >= 11 is 0. The van der Waals surface area contributed by atoms with Gasteiger partial charge in [0.2, 0.25) is 0 Å². The van der Waals surface area contributed by atoms with Gasteiger partial charge in [-0.3, -0.25) is 0 Å². The molecule has 12 rings (SSSR count). The third kappa shape index (κ3) is 5.19. The normalized spacial score (nSPS) is 12.8. The molecule has 0 N–H and O–H groups in total. The Balaban J connectivity index is 1.08. The summed E-state index contributed by atoms with van der Waals surface area (Å²) in [6, 6.07) is 87.3. The maximum atomic E-state index is 2.48. The first kappa shape index (κ1) is 34.3. The zero-order chi connectivity index (χ0) is 39.6. The predicted molar refractivity (Wildman–Crippen MR) is 251 cm³/mol. The molecule has 0 aromatic heterocycles. The van der Waals surface area contributed by atoms with E-state index in [2.05, 4.69) is 241 Å². The molecule has 0 bridgehead atoms. The van der Waals surface area contributed by atoms with Crippen molar-refractivity contribution in [2.24, 2.45) is 0 Å². The number of anilines is 3. The Labute approximate surface area is 351 Å². The highest BCUT2D eigenvalue weighted by Crippen LogP contribution is 2.63. The van der Waals surface area contributed by atoms with E-state index in [1.807, 2.05) is 0 Å². The standard InChI is InChI=1S/C59H39N/c1-3-16-42(17-4-1)49-35-33-47(38-54(49)43-18-5-2-6-19-43)60(46-31-29-41(30-32-46)45-28-27-40-15-7-8-20-44(40)37-45)48-34-36-53-52-23-11-14-26-57(52)59(58(53)39-48)55-24-12-9-21-50(55)51-22-10-13-25-56(51)59/h1-39H. The van der Waals surface area contributed by atoms with E-state index in [1.54, 1.807) is 0 Å². The molecule has 280 valence electrons. The van der Waals surface area contributed by atoms with E-state index in [0.717, 1.165) is 17.1 Å². The number of fused-ring (bicyclic) bond motifs is 11. The van der Waals surface area contributed by atoms with Crippen LogP contribution in [0.4, 0.5) is 17.1 Å².